The molecule has 0 unspecified atom stereocenters. The molecule has 0 saturated carbocycles. The first kappa shape index (κ1) is 16.4. The molecule has 0 atom stereocenters. The van der Waals surface area contributed by atoms with E-state index >= 15 is 0 Å². The van der Waals surface area contributed by atoms with Crippen LogP contribution in [-0.2, 0) is 9.59 Å². The van der Waals surface area contributed by atoms with Crippen LogP contribution in [0.2, 0.25) is 0 Å². The van der Waals surface area contributed by atoms with Crippen molar-refractivity contribution in [2.24, 2.45) is 0 Å². The average Bonchev–Trinajstić information content (AvgIpc) is 2.88. The summed E-state index contributed by atoms with van der Waals surface area (Å²) in [5.74, 6) is -0.0578. The molecule has 1 aromatic heterocycles. The van der Waals surface area contributed by atoms with Gasteiger partial charge in [-0.1, -0.05) is 35.2 Å². The van der Waals surface area contributed by atoms with Crippen molar-refractivity contribution >= 4 is 45.7 Å². The maximum atomic E-state index is 12.0. The van der Waals surface area contributed by atoms with Gasteiger partial charge in [-0.3, -0.25) is 9.59 Å². The molecule has 0 aliphatic rings. The predicted octanol–water partition coefficient (Wildman–Crippen LogP) is 2.84. The summed E-state index contributed by atoms with van der Waals surface area (Å²) in [5.41, 5.74) is 3.01. The van der Waals surface area contributed by atoms with E-state index in [0.29, 0.717) is 9.47 Å². The third kappa shape index (κ3) is 4.54. The van der Waals surface area contributed by atoms with Crippen molar-refractivity contribution in [1.29, 1.82) is 0 Å². The van der Waals surface area contributed by atoms with Gasteiger partial charge in [0.05, 0.1) is 5.75 Å². The summed E-state index contributed by atoms with van der Waals surface area (Å²) in [5, 5.41) is 13.6. The average molecular weight is 336 g/mol. The van der Waals surface area contributed by atoms with Crippen molar-refractivity contribution in [1.82, 2.24) is 10.2 Å². The quantitative estimate of drug-likeness (QED) is 0.648. The topological polar surface area (TPSA) is 84.0 Å². The van der Waals surface area contributed by atoms with Crippen LogP contribution in [0.5, 0.6) is 0 Å². The summed E-state index contributed by atoms with van der Waals surface area (Å²) in [4.78, 5) is 22.9. The summed E-state index contributed by atoms with van der Waals surface area (Å²) in [6.45, 7) is 5.39. The zero-order valence-electron chi connectivity index (χ0n) is 12.5. The molecular weight excluding hydrogens is 320 g/mol. The number of aryl methyl sites for hydroxylation is 1. The van der Waals surface area contributed by atoms with Crippen LogP contribution >= 0.6 is 23.1 Å². The van der Waals surface area contributed by atoms with Crippen LogP contribution < -0.4 is 10.6 Å². The number of carbonyl (C=O) groups is 2. The van der Waals surface area contributed by atoms with Gasteiger partial charge in [-0.2, -0.15) is 0 Å². The standard InChI is InChI=1S/C14H16N4O2S2/c1-8-5-4-6-11(9(8)2)16-12(20)7-21-14-18-17-13(22-14)15-10(3)19/h4-6H,7H2,1-3H3,(H,16,20)(H,15,17,19). The van der Waals surface area contributed by atoms with Gasteiger partial charge in [0.2, 0.25) is 16.9 Å². The van der Waals surface area contributed by atoms with E-state index in [1.54, 1.807) is 0 Å². The molecule has 0 aliphatic heterocycles. The Bertz CT molecular complexity index is 700. The van der Waals surface area contributed by atoms with E-state index < -0.39 is 0 Å². The van der Waals surface area contributed by atoms with E-state index in [-0.39, 0.29) is 17.6 Å². The maximum absolute atomic E-state index is 12.0. The summed E-state index contributed by atoms with van der Waals surface area (Å²) < 4.78 is 0.639. The Kier molecular flexibility index (Phi) is 5.51. The molecule has 0 radical (unpaired) electrons. The van der Waals surface area contributed by atoms with Crippen LogP contribution in [0.25, 0.3) is 0 Å². The van der Waals surface area contributed by atoms with Crippen LogP contribution in [0.3, 0.4) is 0 Å². The lowest BCUT2D eigenvalue weighted by Gasteiger charge is -2.09. The first-order valence-electron chi connectivity index (χ1n) is 6.55. The normalized spacial score (nSPS) is 10.3. The van der Waals surface area contributed by atoms with Crippen molar-refractivity contribution in [3.05, 3.63) is 29.3 Å². The number of thioether (sulfide) groups is 1. The smallest absolute Gasteiger partial charge is 0.234 e. The highest BCUT2D eigenvalue weighted by Gasteiger charge is 2.10. The Morgan fingerprint density at radius 2 is 2.00 bits per heavy atom. The number of nitrogens with one attached hydrogen (secondary N) is 2. The molecular formula is C14H16N4O2S2. The molecule has 0 aliphatic carbocycles. The molecule has 8 heteroatoms. The molecule has 2 amide bonds. The minimum absolute atomic E-state index is 0.102. The fourth-order valence-corrected chi connectivity index (χ4v) is 3.27. The monoisotopic (exact) mass is 336 g/mol. The highest BCUT2D eigenvalue weighted by atomic mass is 32.2. The lowest BCUT2D eigenvalue weighted by Crippen LogP contribution is -2.15. The Morgan fingerprint density at radius 1 is 1.23 bits per heavy atom. The van der Waals surface area contributed by atoms with Crippen LogP contribution in [0.15, 0.2) is 22.5 Å². The van der Waals surface area contributed by atoms with Crippen molar-refractivity contribution in [3.63, 3.8) is 0 Å². The molecule has 1 heterocycles. The second-order valence-electron chi connectivity index (χ2n) is 4.64. The van der Waals surface area contributed by atoms with Crippen molar-refractivity contribution in [2.75, 3.05) is 16.4 Å². The number of rotatable bonds is 5. The summed E-state index contributed by atoms with van der Waals surface area (Å²) >= 11 is 2.53. The lowest BCUT2D eigenvalue weighted by atomic mass is 10.1. The van der Waals surface area contributed by atoms with Gasteiger partial charge in [0.1, 0.15) is 0 Å². The predicted molar refractivity (Wildman–Crippen MR) is 89.5 cm³/mol. The van der Waals surface area contributed by atoms with Gasteiger partial charge in [0.15, 0.2) is 4.34 Å². The van der Waals surface area contributed by atoms with Gasteiger partial charge in [-0.15, -0.1) is 10.2 Å². The maximum Gasteiger partial charge on any atom is 0.234 e. The number of hydrogen-bond donors (Lipinski definition) is 2. The first-order valence-corrected chi connectivity index (χ1v) is 8.36. The molecule has 116 valence electrons. The SMILES string of the molecule is CC(=O)Nc1nnc(SCC(=O)Nc2cccc(C)c2C)s1. The largest absolute Gasteiger partial charge is 0.325 e. The Balaban J connectivity index is 1.89. The fourth-order valence-electron chi connectivity index (χ4n) is 1.67. The number of carbonyl (C=O) groups excluding carboxylic acids is 2. The zero-order valence-corrected chi connectivity index (χ0v) is 14.1. The third-order valence-electron chi connectivity index (χ3n) is 2.89. The first-order chi connectivity index (χ1) is 10.5. The molecule has 0 bridgehead atoms. The van der Waals surface area contributed by atoms with Gasteiger partial charge >= 0.3 is 0 Å². The number of benzene rings is 1. The van der Waals surface area contributed by atoms with Gasteiger partial charge in [-0.05, 0) is 31.0 Å². The Hall–Kier alpha value is -1.93. The van der Waals surface area contributed by atoms with Gasteiger partial charge in [0.25, 0.3) is 0 Å². The summed E-state index contributed by atoms with van der Waals surface area (Å²) in [7, 11) is 0. The van der Waals surface area contributed by atoms with Gasteiger partial charge in [0, 0.05) is 12.6 Å². The number of aromatic nitrogens is 2. The number of hydrogen-bond acceptors (Lipinski definition) is 6. The van der Waals surface area contributed by atoms with Crippen molar-refractivity contribution in [3.8, 4) is 0 Å². The van der Waals surface area contributed by atoms with Crippen LogP contribution in [0, 0.1) is 13.8 Å². The van der Waals surface area contributed by atoms with Crippen LogP contribution in [-0.4, -0.2) is 27.8 Å². The number of nitrogens with zero attached hydrogens (tertiary/aromatic N) is 2. The van der Waals surface area contributed by atoms with Crippen LogP contribution in [0.4, 0.5) is 10.8 Å². The highest BCUT2D eigenvalue weighted by molar-refractivity contribution is 8.01. The molecule has 2 aromatic rings. The van der Waals surface area contributed by atoms with E-state index in [9.17, 15) is 9.59 Å². The highest BCUT2D eigenvalue weighted by Crippen LogP contribution is 2.26. The Labute approximate surface area is 136 Å². The number of amides is 2. The van der Waals surface area contributed by atoms with E-state index in [4.69, 9.17) is 0 Å². The van der Waals surface area contributed by atoms with E-state index in [2.05, 4.69) is 20.8 Å². The van der Waals surface area contributed by atoms with E-state index in [0.717, 1.165) is 16.8 Å². The Morgan fingerprint density at radius 3 is 2.73 bits per heavy atom. The summed E-state index contributed by atoms with van der Waals surface area (Å²) in [6, 6.07) is 5.80. The van der Waals surface area contributed by atoms with Crippen LogP contribution in [0.1, 0.15) is 18.1 Å². The molecule has 0 spiro atoms. The molecule has 22 heavy (non-hydrogen) atoms. The van der Waals surface area contributed by atoms with Crippen molar-refractivity contribution in [2.45, 2.75) is 25.1 Å². The van der Waals surface area contributed by atoms with Crippen molar-refractivity contribution < 1.29 is 9.59 Å². The molecule has 2 N–H and O–H groups in total. The zero-order chi connectivity index (χ0) is 16.1. The van der Waals surface area contributed by atoms with E-state index in [1.165, 1.54) is 30.0 Å². The third-order valence-corrected chi connectivity index (χ3v) is 4.87. The molecule has 0 saturated heterocycles. The molecule has 2 rings (SSSR count). The minimum Gasteiger partial charge on any atom is -0.325 e. The fraction of sp³-hybridized carbons (Fsp3) is 0.286. The van der Waals surface area contributed by atoms with Gasteiger partial charge in [-0.25, -0.2) is 0 Å². The number of anilines is 2. The lowest BCUT2D eigenvalue weighted by molar-refractivity contribution is -0.114. The second kappa shape index (κ2) is 7.37. The molecule has 6 nitrogen and oxygen atoms in total. The van der Waals surface area contributed by atoms with Gasteiger partial charge < -0.3 is 10.6 Å². The summed E-state index contributed by atoms with van der Waals surface area (Å²) in [6.07, 6.45) is 0. The molecule has 0 fully saturated rings. The van der Waals surface area contributed by atoms with E-state index in [1.807, 2.05) is 32.0 Å². The second-order valence-corrected chi connectivity index (χ2v) is 6.84. The minimum atomic E-state index is -0.194. The molecule has 1 aromatic carbocycles.